The summed E-state index contributed by atoms with van der Waals surface area (Å²) in [5.74, 6) is -2.62. The Labute approximate surface area is 157 Å². The van der Waals surface area contributed by atoms with Crippen molar-refractivity contribution in [1.29, 1.82) is 5.26 Å². The zero-order valence-corrected chi connectivity index (χ0v) is 14.4. The van der Waals surface area contributed by atoms with Crippen LogP contribution >= 0.6 is 0 Å². The van der Waals surface area contributed by atoms with Gasteiger partial charge >= 0.3 is 12.1 Å². The number of rotatable bonds is 4. The Morgan fingerprint density at radius 1 is 1.07 bits per heavy atom. The molecule has 0 spiro atoms. The van der Waals surface area contributed by atoms with Gasteiger partial charge in [0.25, 0.3) is 5.91 Å². The lowest BCUT2D eigenvalue weighted by Crippen LogP contribution is -2.16. The second kappa shape index (κ2) is 8.26. The number of nitrogens with zero attached hydrogens (tertiary/aromatic N) is 1. The van der Waals surface area contributed by atoms with Gasteiger partial charge in [-0.2, -0.15) is 18.4 Å². The van der Waals surface area contributed by atoms with Gasteiger partial charge in [-0.1, -0.05) is 18.2 Å². The van der Waals surface area contributed by atoms with E-state index in [0.717, 1.165) is 31.4 Å². The number of aliphatic hydroxyl groups excluding tert-OH is 1. The number of hydrogen-bond acceptors (Lipinski definition) is 5. The zero-order chi connectivity index (χ0) is 20.9. The Bertz CT molecular complexity index is 974. The van der Waals surface area contributed by atoms with Crippen molar-refractivity contribution in [3.63, 3.8) is 0 Å². The minimum absolute atomic E-state index is 0.0141. The Balaban J connectivity index is 2.36. The molecular weight excluding hydrogens is 377 g/mol. The molecule has 6 nitrogen and oxygen atoms in total. The van der Waals surface area contributed by atoms with Crippen LogP contribution in [0.15, 0.2) is 54.1 Å². The van der Waals surface area contributed by atoms with E-state index in [4.69, 9.17) is 0 Å². The third-order valence-corrected chi connectivity index (χ3v) is 3.63. The van der Waals surface area contributed by atoms with Gasteiger partial charge in [0.1, 0.15) is 11.8 Å². The number of amides is 1. The fourth-order valence-electron chi connectivity index (χ4n) is 2.26. The first-order chi connectivity index (χ1) is 13.2. The van der Waals surface area contributed by atoms with E-state index in [0.29, 0.717) is 0 Å². The van der Waals surface area contributed by atoms with Gasteiger partial charge < -0.3 is 15.2 Å². The maximum absolute atomic E-state index is 12.6. The van der Waals surface area contributed by atoms with Gasteiger partial charge in [-0.3, -0.25) is 4.79 Å². The summed E-state index contributed by atoms with van der Waals surface area (Å²) in [6.45, 7) is 0. The van der Waals surface area contributed by atoms with Gasteiger partial charge in [0.05, 0.1) is 18.2 Å². The molecule has 0 heterocycles. The predicted molar refractivity (Wildman–Crippen MR) is 93.0 cm³/mol. The van der Waals surface area contributed by atoms with Gasteiger partial charge in [0.2, 0.25) is 0 Å². The number of nitrogens with one attached hydrogen (secondary N) is 1. The van der Waals surface area contributed by atoms with Crippen molar-refractivity contribution in [2.24, 2.45) is 0 Å². The molecule has 0 aliphatic rings. The summed E-state index contributed by atoms with van der Waals surface area (Å²) in [4.78, 5) is 24.1. The third kappa shape index (κ3) is 4.48. The van der Waals surface area contributed by atoms with Crippen molar-refractivity contribution in [1.82, 2.24) is 0 Å². The van der Waals surface area contributed by atoms with Crippen molar-refractivity contribution in [2.45, 2.75) is 6.18 Å². The summed E-state index contributed by atoms with van der Waals surface area (Å²) < 4.78 is 42.3. The minimum atomic E-state index is -4.53. The Hall–Kier alpha value is -3.80. The first-order valence-corrected chi connectivity index (χ1v) is 7.68. The summed E-state index contributed by atoms with van der Waals surface area (Å²) in [6.07, 6.45) is -4.53. The van der Waals surface area contributed by atoms with Crippen molar-refractivity contribution in [2.75, 3.05) is 12.4 Å². The quantitative estimate of drug-likeness (QED) is 0.357. The first kappa shape index (κ1) is 20.5. The third-order valence-electron chi connectivity index (χ3n) is 3.63. The molecule has 0 aliphatic carbocycles. The lowest BCUT2D eigenvalue weighted by atomic mass is 10.0. The molecule has 0 atom stereocenters. The van der Waals surface area contributed by atoms with Crippen LogP contribution in [0.3, 0.4) is 0 Å². The molecule has 0 bridgehead atoms. The maximum atomic E-state index is 12.6. The van der Waals surface area contributed by atoms with Crippen molar-refractivity contribution in [3.8, 4) is 6.07 Å². The molecule has 2 aromatic rings. The molecule has 2 rings (SSSR count). The van der Waals surface area contributed by atoms with Crippen LogP contribution in [0.25, 0.3) is 5.76 Å². The molecule has 9 heteroatoms. The Morgan fingerprint density at radius 2 is 1.64 bits per heavy atom. The zero-order valence-electron chi connectivity index (χ0n) is 14.4. The lowest BCUT2D eigenvalue weighted by molar-refractivity contribution is -0.137. The highest BCUT2D eigenvalue weighted by Crippen LogP contribution is 2.30. The van der Waals surface area contributed by atoms with Gasteiger partial charge in [0.15, 0.2) is 5.57 Å². The standard InChI is InChI=1S/C19H13F3N2O4/c1-28-18(27)14-5-3-2-4-13(14)16(25)15(10-23)17(26)24-12-8-6-11(7-9-12)19(20,21)22/h2-9,25H,1H3,(H,24,26)/b16-15-. The van der Waals surface area contributed by atoms with Crippen LogP contribution in [0.5, 0.6) is 0 Å². The number of alkyl halides is 3. The second-order valence-electron chi connectivity index (χ2n) is 5.40. The number of benzene rings is 2. The first-order valence-electron chi connectivity index (χ1n) is 7.68. The summed E-state index contributed by atoms with van der Waals surface area (Å²) in [7, 11) is 1.13. The average Bonchev–Trinajstić information content (AvgIpc) is 2.67. The number of anilines is 1. The van der Waals surface area contributed by atoms with E-state index in [-0.39, 0.29) is 16.8 Å². The number of nitriles is 1. The summed E-state index contributed by atoms with van der Waals surface area (Å²) >= 11 is 0. The van der Waals surface area contributed by atoms with Crippen LogP contribution in [0.1, 0.15) is 21.5 Å². The van der Waals surface area contributed by atoms with Gasteiger partial charge in [-0.15, -0.1) is 0 Å². The normalized spacial score (nSPS) is 11.8. The number of methoxy groups -OCH3 is 1. The molecule has 0 saturated heterocycles. The van der Waals surface area contributed by atoms with Crippen LogP contribution < -0.4 is 5.32 Å². The van der Waals surface area contributed by atoms with Crippen molar-refractivity contribution >= 4 is 23.3 Å². The van der Waals surface area contributed by atoms with Crippen LogP contribution in [-0.4, -0.2) is 24.1 Å². The molecule has 28 heavy (non-hydrogen) atoms. The van der Waals surface area contributed by atoms with Crippen LogP contribution in [-0.2, 0) is 15.7 Å². The fraction of sp³-hybridized carbons (Fsp3) is 0.105. The summed E-state index contributed by atoms with van der Waals surface area (Å²) in [5, 5.41) is 21.8. The van der Waals surface area contributed by atoms with Gasteiger partial charge in [-0.25, -0.2) is 4.79 Å². The number of carbonyl (C=O) groups excluding carboxylic acids is 2. The monoisotopic (exact) mass is 390 g/mol. The topological polar surface area (TPSA) is 99.4 Å². The highest BCUT2D eigenvalue weighted by molar-refractivity contribution is 6.11. The Kier molecular flexibility index (Phi) is 6.05. The van der Waals surface area contributed by atoms with Crippen molar-refractivity contribution < 1.29 is 32.6 Å². The number of halogens is 3. The highest BCUT2D eigenvalue weighted by atomic mass is 19.4. The number of carbonyl (C=O) groups is 2. The molecule has 0 fully saturated rings. The predicted octanol–water partition coefficient (Wildman–Crippen LogP) is 3.92. The average molecular weight is 390 g/mol. The van der Waals surface area contributed by atoms with E-state index in [9.17, 15) is 33.1 Å². The van der Waals surface area contributed by atoms with Crippen LogP contribution in [0.2, 0.25) is 0 Å². The molecule has 0 saturated carbocycles. The molecular formula is C19H13F3N2O4. The molecule has 144 valence electrons. The molecule has 2 N–H and O–H groups in total. The maximum Gasteiger partial charge on any atom is 0.416 e. The highest BCUT2D eigenvalue weighted by Gasteiger charge is 2.30. The molecule has 1 amide bonds. The second-order valence-corrected chi connectivity index (χ2v) is 5.40. The smallest absolute Gasteiger partial charge is 0.416 e. The van der Waals surface area contributed by atoms with E-state index in [1.165, 1.54) is 30.3 Å². The SMILES string of the molecule is COC(=O)c1ccccc1/C(O)=C(\C#N)C(=O)Nc1ccc(C(F)(F)F)cc1. The molecule has 0 aromatic heterocycles. The molecule has 0 radical (unpaired) electrons. The van der Waals surface area contributed by atoms with Gasteiger partial charge in [-0.05, 0) is 30.3 Å². The van der Waals surface area contributed by atoms with Gasteiger partial charge in [0, 0.05) is 11.3 Å². The molecule has 0 unspecified atom stereocenters. The number of hydrogen-bond donors (Lipinski definition) is 2. The largest absolute Gasteiger partial charge is 0.506 e. The van der Waals surface area contributed by atoms with E-state index in [2.05, 4.69) is 10.1 Å². The van der Waals surface area contributed by atoms with E-state index >= 15 is 0 Å². The number of ether oxygens (including phenoxy) is 1. The fourth-order valence-corrected chi connectivity index (χ4v) is 2.26. The van der Waals surface area contributed by atoms with E-state index in [1.807, 2.05) is 0 Å². The number of aliphatic hydroxyl groups is 1. The summed E-state index contributed by atoms with van der Waals surface area (Å²) in [5.41, 5.74) is -1.82. The van der Waals surface area contributed by atoms with Crippen LogP contribution in [0, 0.1) is 11.3 Å². The molecule has 0 aliphatic heterocycles. The number of esters is 1. The lowest BCUT2D eigenvalue weighted by Gasteiger charge is -2.10. The minimum Gasteiger partial charge on any atom is -0.506 e. The van der Waals surface area contributed by atoms with E-state index in [1.54, 1.807) is 0 Å². The molecule has 2 aromatic carbocycles. The summed E-state index contributed by atoms with van der Waals surface area (Å²) in [6, 6.07) is 10.7. The Morgan fingerprint density at radius 3 is 2.14 bits per heavy atom. The van der Waals surface area contributed by atoms with Crippen molar-refractivity contribution in [3.05, 3.63) is 70.8 Å². The van der Waals surface area contributed by atoms with Crippen LogP contribution in [0.4, 0.5) is 18.9 Å². The van der Waals surface area contributed by atoms with E-state index < -0.39 is 34.9 Å².